The summed E-state index contributed by atoms with van der Waals surface area (Å²) in [7, 11) is 0. The summed E-state index contributed by atoms with van der Waals surface area (Å²) in [5.74, 6) is 0.251. The van der Waals surface area contributed by atoms with Gasteiger partial charge in [-0.2, -0.15) is 0 Å². The molecule has 1 aliphatic heterocycles. The number of benzene rings is 1. The minimum Gasteiger partial charge on any atom is -0.339 e. The number of piperazine rings is 1. The maximum absolute atomic E-state index is 12.2. The summed E-state index contributed by atoms with van der Waals surface area (Å²) in [6, 6.07) is 10.4. The van der Waals surface area contributed by atoms with Crippen molar-refractivity contribution in [2.45, 2.75) is 26.3 Å². The van der Waals surface area contributed by atoms with Crippen LogP contribution in [-0.4, -0.2) is 54.3 Å². The molecule has 1 aromatic carbocycles. The summed E-state index contributed by atoms with van der Waals surface area (Å²) >= 11 is 0. The van der Waals surface area contributed by atoms with Gasteiger partial charge in [-0.3, -0.25) is 9.59 Å². The van der Waals surface area contributed by atoms with Crippen LogP contribution < -0.4 is 5.32 Å². The maximum atomic E-state index is 12.2. The fourth-order valence-electron chi connectivity index (χ4n) is 2.68. The summed E-state index contributed by atoms with van der Waals surface area (Å²) in [5, 5.41) is 3.38. The van der Waals surface area contributed by atoms with Gasteiger partial charge in [-0.1, -0.05) is 30.3 Å². The van der Waals surface area contributed by atoms with Gasteiger partial charge < -0.3 is 15.1 Å². The van der Waals surface area contributed by atoms with Gasteiger partial charge in [0.25, 0.3) is 0 Å². The van der Waals surface area contributed by atoms with E-state index in [0.717, 1.165) is 0 Å². The molecular weight excluding hydrogens is 278 g/mol. The highest BCUT2D eigenvalue weighted by Crippen LogP contribution is 2.11. The Hall–Kier alpha value is -1.88. The molecule has 0 radical (unpaired) electrons. The first-order chi connectivity index (χ1) is 10.6. The third kappa shape index (κ3) is 4.56. The van der Waals surface area contributed by atoms with Crippen LogP contribution in [-0.2, 0) is 9.59 Å². The zero-order valence-corrected chi connectivity index (χ0v) is 13.4. The van der Waals surface area contributed by atoms with E-state index >= 15 is 0 Å². The SMILES string of the molecule is CC(=O)N1CCN(C(=O)CCNC(C)c2ccccc2)CC1. The van der Waals surface area contributed by atoms with E-state index in [1.165, 1.54) is 5.56 Å². The molecule has 2 amide bonds. The molecule has 5 nitrogen and oxygen atoms in total. The van der Waals surface area contributed by atoms with Crippen molar-refractivity contribution in [1.29, 1.82) is 0 Å². The van der Waals surface area contributed by atoms with Crippen molar-refractivity contribution in [1.82, 2.24) is 15.1 Å². The summed E-state index contributed by atoms with van der Waals surface area (Å²) in [6.45, 7) is 6.93. The van der Waals surface area contributed by atoms with Gasteiger partial charge in [-0.05, 0) is 12.5 Å². The molecule has 0 saturated carbocycles. The second kappa shape index (κ2) is 7.94. The van der Waals surface area contributed by atoms with Crippen molar-refractivity contribution < 1.29 is 9.59 Å². The molecule has 120 valence electrons. The summed E-state index contributed by atoms with van der Waals surface area (Å²) < 4.78 is 0. The van der Waals surface area contributed by atoms with E-state index < -0.39 is 0 Å². The number of carbonyl (C=O) groups is 2. The molecule has 1 fully saturated rings. The Balaban J connectivity index is 1.69. The number of amides is 2. The van der Waals surface area contributed by atoms with Crippen molar-refractivity contribution in [2.75, 3.05) is 32.7 Å². The molecule has 0 aliphatic carbocycles. The molecule has 1 unspecified atom stereocenters. The number of nitrogens with zero attached hydrogens (tertiary/aromatic N) is 2. The quantitative estimate of drug-likeness (QED) is 0.895. The van der Waals surface area contributed by atoms with Crippen molar-refractivity contribution in [3.05, 3.63) is 35.9 Å². The van der Waals surface area contributed by atoms with Gasteiger partial charge >= 0.3 is 0 Å². The van der Waals surface area contributed by atoms with Gasteiger partial charge in [-0.25, -0.2) is 0 Å². The number of nitrogens with one attached hydrogen (secondary N) is 1. The zero-order valence-electron chi connectivity index (χ0n) is 13.4. The van der Waals surface area contributed by atoms with Crippen LogP contribution in [0.4, 0.5) is 0 Å². The van der Waals surface area contributed by atoms with Crippen LogP contribution in [0.15, 0.2) is 30.3 Å². The van der Waals surface area contributed by atoms with Crippen LogP contribution in [0.3, 0.4) is 0 Å². The molecule has 22 heavy (non-hydrogen) atoms. The topological polar surface area (TPSA) is 52.7 Å². The Morgan fingerprint density at radius 2 is 1.68 bits per heavy atom. The Labute approximate surface area is 132 Å². The van der Waals surface area contributed by atoms with E-state index in [4.69, 9.17) is 0 Å². The second-order valence-electron chi connectivity index (χ2n) is 5.72. The van der Waals surface area contributed by atoms with Gasteiger partial charge in [0.1, 0.15) is 0 Å². The molecule has 1 N–H and O–H groups in total. The number of carbonyl (C=O) groups excluding carboxylic acids is 2. The van der Waals surface area contributed by atoms with Crippen molar-refractivity contribution in [2.24, 2.45) is 0 Å². The summed E-state index contributed by atoms with van der Waals surface area (Å²) in [5.41, 5.74) is 1.23. The third-order valence-electron chi connectivity index (χ3n) is 4.17. The molecule has 1 atom stereocenters. The molecule has 0 spiro atoms. The predicted molar refractivity (Wildman–Crippen MR) is 86.3 cm³/mol. The molecule has 1 aromatic rings. The molecule has 0 aromatic heterocycles. The fraction of sp³-hybridized carbons (Fsp3) is 0.529. The van der Waals surface area contributed by atoms with Crippen molar-refractivity contribution in [3.63, 3.8) is 0 Å². The van der Waals surface area contributed by atoms with Gasteiger partial charge in [0, 0.05) is 52.1 Å². The number of hydrogen-bond donors (Lipinski definition) is 1. The number of hydrogen-bond acceptors (Lipinski definition) is 3. The van der Waals surface area contributed by atoms with Crippen LogP contribution in [0.25, 0.3) is 0 Å². The summed E-state index contributed by atoms with van der Waals surface area (Å²) in [4.78, 5) is 27.1. The molecule has 5 heteroatoms. The monoisotopic (exact) mass is 303 g/mol. The molecule has 1 heterocycles. The van der Waals surface area contributed by atoms with Crippen molar-refractivity contribution in [3.8, 4) is 0 Å². The lowest BCUT2D eigenvalue weighted by atomic mass is 10.1. The van der Waals surface area contributed by atoms with Crippen LogP contribution in [0.5, 0.6) is 0 Å². The standard InChI is InChI=1S/C17H25N3O2/c1-14(16-6-4-3-5-7-16)18-9-8-17(22)20-12-10-19(11-13-20)15(2)21/h3-7,14,18H,8-13H2,1-2H3. The Kier molecular flexibility index (Phi) is 5.95. The predicted octanol–water partition coefficient (Wildman–Crippen LogP) is 1.42. The smallest absolute Gasteiger partial charge is 0.223 e. The lowest BCUT2D eigenvalue weighted by Crippen LogP contribution is -2.50. The zero-order chi connectivity index (χ0) is 15.9. The van der Waals surface area contributed by atoms with E-state index in [1.807, 2.05) is 23.1 Å². The average Bonchev–Trinajstić information content (AvgIpc) is 2.55. The highest BCUT2D eigenvalue weighted by Gasteiger charge is 2.21. The Bertz CT molecular complexity index is 496. The minimum atomic E-state index is 0.0884. The molecule has 2 rings (SSSR count). The van der Waals surface area contributed by atoms with E-state index in [9.17, 15) is 9.59 Å². The maximum Gasteiger partial charge on any atom is 0.223 e. The Morgan fingerprint density at radius 1 is 1.09 bits per heavy atom. The highest BCUT2D eigenvalue weighted by atomic mass is 16.2. The number of rotatable bonds is 5. The molecular formula is C17H25N3O2. The third-order valence-corrected chi connectivity index (χ3v) is 4.17. The minimum absolute atomic E-state index is 0.0884. The van der Waals surface area contributed by atoms with E-state index in [2.05, 4.69) is 24.4 Å². The molecule has 1 aliphatic rings. The molecule has 1 saturated heterocycles. The molecule has 0 bridgehead atoms. The van der Waals surface area contributed by atoms with Crippen LogP contribution in [0.1, 0.15) is 31.9 Å². The highest BCUT2D eigenvalue weighted by molar-refractivity contribution is 5.77. The largest absolute Gasteiger partial charge is 0.339 e. The first-order valence-electron chi connectivity index (χ1n) is 7.89. The van der Waals surface area contributed by atoms with Gasteiger partial charge in [0.05, 0.1) is 0 Å². The summed E-state index contributed by atoms with van der Waals surface area (Å²) in [6.07, 6.45) is 0.497. The van der Waals surface area contributed by atoms with Crippen LogP contribution in [0, 0.1) is 0 Å². The fourth-order valence-corrected chi connectivity index (χ4v) is 2.68. The lowest BCUT2D eigenvalue weighted by Gasteiger charge is -2.34. The van der Waals surface area contributed by atoms with Crippen molar-refractivity contribution >= 4 is 11.8 Å². The average molecular weight is 303 g/mol. The normalized spacial score (nSPS) is 16.5. The van der Waals surface area contributed by atoms with Crippen LogP contribution in [0.2, 0.25) is 0 Å². The van der Waals surface area contributed by atoms with E-state index in [1.54, 1.807) is 11.8 Å². The van der Waals surface area contributed by atoms with Gasteiger partial charge in [0.2, 0.25) is 11.8 Å². The lowest BCUT2D eigenvalue weighted by molar-refractivity contribution is -0.138. The first kappa shape index (κ1) is 16.5. The van der Waals surface area contributed by atoms with E-state index in [0.29, 0.717) is 39.1 Å². The Morgan fingerprint density at radius 3 is 2.27 bits per heavy atom. The van der Waals surface area contributed by atoms with Crippen LogP contribution >= 0.6 is 0 Å². The second-order valence-corrected chi connectivity index (χ2v) is 5.72. The van der Waals surface area contributed by atoms with E-state index in [-0.39, 0.29) is 17.9 Å². The first-order valence-corrected chi connectivity index (χ1v) is 7.89. The van der Waals surface area contributed by atoms with Gasteiger partial charge in [-0.15, -0.1) is 0 Å². The van der Waals surface area contributed by atoms with Gasteiger partial charge in [0.15, 0.2) is 0 Å².